The normalized spacial score (nSPS) is 17.0. The van der Waals surface area contributed by atoms with Gasteiger partial charge in [-0.05, 0) is 68.0 Å². The summed E-state index contributed by atoms with van der Waals surface area (Å²) in [6.45, 7) is 3.05. The number of carbonyl (C=O) groups excluding carboxylic acids is 1. The molecule has 2 aliphatic rings. The number of aromatic nitrogens is 4. The van der Waals surface area contributed by atoms with E-state index in [1.807, 2.05) is 53.1 Å². The first kappa shape index (κ1) is 26.0. The third-order valence-corrected chi connectivity index (χ3v) is 8.18. The molecule has 2 aromatic carbocycles. The Labute approximate surface area is 237 Å². The standard InChI is InChI=1S/C29H30Cl2N6O2/c30-20-5-7-22(8-6-20)37-27(23-3-1-2-4-24(23)31)35-26-28(32-18-33-29(26)37)36-13-9-21(10-14-36)34-25(38)17-19-11-15-39-16-12-19/h1-8,18-19,21H,9-17H2,(H,34,38). The summed E-state index contributed by atoms with van der Waals surface area (Å²) in [5.74, 6) is 2.05. The van der Waals surface area contributed by atoms with Crippen molar-refractivity contribution in [1.82, 2.24) is 24.8 Å². The first-order valence-corrected chi connectivity index (χ1v) is 14.2. The van der Waals surface area contributed by atoms with Gasteiger partial charge in [-0.3, -0.25) is 9.36 Å². The molecule has 2 fully saturated rings. The van der Waals surface area contributed by atoms with Gasteiger partial charge in [0.25, 0.3) is 0 Å². The average Bonchev–Trinajstić information content (AvgIpc) is 3.34. The molecule has 1 N–H and O–H groups in total. The number of hydrogen-bond donors (Lipinski definition) is 1. The molecule has 0 atom stereocenters. The fourth-order valence-electron chi connectivity index (χ4n) is 5.50. The van der Waals surface area contributed by atoms with Crippen molar-refractivity contribution in [3.63, 3.8) is 0 Å². The minimum Gasteiger partial charge on any atom is -0.381 e. The van der Waals surface area contributed by atoms with Crippen LogP contribution in [0.3, 0.4) is 0 Å². The number of nitrogens with zero attached hydrogens (tertiary/aromatic N) is 5. The number of imidazole rings is 1. The Morgan fingerprint density at radius 1 is 0.974 bits per heavy atom. The van der Waals surface area contributed by atoms with Crippen molar-refractivity contribution >= 4 is 46.1 Å². The van der Waals surface area contributed by atoms with Gasteiger partial charge in [0, 0.05) is 55.0 Å². The lowest BCUT2D eigenvalue weighted by molar-refractivity contribution is -0.123. The highest BCUT2D eigenvalue weighted by Gasteiger charge is 2.27. The van der Waals surface area contributed by atoms with E-state index in [9.17, 15) is 4.79 Å². The number of anilines is 1. The van der Waals surface area contributed by atoms with Gasteiger partial charge in [0.15, 0.2) is 17.0 Å². The van der Waals surface area contributed by atoms with Gasteiger partial charge in [-0.25, -0.2) is 15.0 Å². The van der Waals surface area contributed by atoms with E-state index in [0.29, 0.717) is 39.4 Å². The van der Waals surface area contributed by atoms with Gasteiger partial charge in [-0.15, -0.1) is 0 Å². The van der Waals surface area contributed by atoms with Crippen LogP contribution in [0.15, 0.2) is 54.9 Å². The third-order valence-electron chi connectivity index (χ3n) is 7.60. The van der Waals surface area contributed by atoms with E-state index < -0.39 is 0 Å². The number of piperidine rings is 1. The molecule has 202 valence electrons. The summed E-state index contributed by atoms with van der Waals surface area (Å²) in [5.41, 5.74) is 3.10. The smallest absolute Gasteiger partial charge is 0.220 e. The topological polar surface area (TPSA) is 85.2 Å². The minimum atomic E-state index is 0.149. The van der Waals surface area contributed by atoms with Gasteiger partial charge >= 0.3 is 0 Å². The van der Waals surface area contributed by atoms with E-state index in [-0.39, 0.29) is 11.9 Å². The van der Waals surface area contributed by atoms with Crippen LogP contribution in [0.2, 0.25) is 10.0 Å². The number of rotatable bonds is 6. The monoisotopic (exact) mass is 564 g/mol. The Morgan fingerprint density at radius 2 is 1.72 bits per heavy atom. The number of hydrogen-bond acceptors (Lipinski definition) is 6. The zero-order valence-corrected chi connectivity index (χ0v) is 23.0. The first-order chi connectivity index (χ1) is 19.1. The molecule has 2 aliphatic heterocycles. The molecule has 10 heteroatoms. The van der Waals surface area contributed by atoms with Gasteiger partial charge in [0.05, 0.1) is 5.02 Å². The molecular formula is C29H30Cl2N6O2. The summed E-state index contributed by atoms with van der Waals surface area (Å²) in [7, 11) is 0. The Hall–Kier alpha value is -3.20. The summed E-state index contributed by atoms with van der Waals surface area (Å²) >= 11 is 12.8. The van der Waals surface area contributed by atoms with Crippen LogP contribution >= 0.6 is 23.2 Å². The van der Waals surface area contributed by atoms with Crippen LogP contribution in [0.25, 0.3) is 28.2 Å². The average molecular weight is 566 g/mol. The lowest BCUT2D eigenvalue weighted by atomic mass is 9.95. The van der Waals surface area contributed by atoms with Crippen molar-refractivity contribution in [3.8, 4) is 17.1 Å². The highest BCUT2D eigenvalue weighted by molar-refractivity contribution is 6.33. The second kappa shape index (κ2) is 11.5. The van der Waals surface area contributed by atoms with E-state index in [2.05, 4.69) is 20.2 Å². The highest BCUT2D eigenvalue weighted by atomic mass is 35.5. The molecule has 0 spiro atoms. The summed E-state index contributed by atoms with van der Waals surface area (Å²) in [5, 5.41) is 4.52. The number of halogens is 2. The molecule has 6 rings (SSSR count). The molecule has 0 bridgehead atoms. The third kappa shape index (κ3) is 5.60. The van der Waals surface area contributed by atoms with Gasteiger partial charge in [0.1, 0.15) is 12.2 Å². The molecule has 8 nitrogen and oxygen atoms in total. The second-order valence-electron chi connectivity index (χ2n) is 10.2. The number of nitrogens with one attached hydrogen (secondary N) is 1. The molecule has 0 unspecified atom stereocenters. The van der Waals surface area contributed by atoms with Crippen molar-refractivity contribution in [1.29, 1.82) is 0 Å². The molecule has 1 amide bonds. The Morgan fingerprint density at radius 3 is 2.46 bits per heavy atom. The number of fused-ring (bicyclic) bond motifs is 1. The minimum absolute atomic E-state index is 0.149. The van der Waals surface area contributed by atoms with Crippen LogP contribution in [0.5, 0.6) is 0 Å². The van der Waals surface area contributed by atoms with Gasteiger partial charge in [-0.2, -0.15) is 0 Å². The zero-order chi connectivity index (χ0) is 26.8. The largest absolute Gasteiger partial charge is 0.381 e. The molecule has 39 heavy (non-hydrogen) atoms. The number of ether oxygens (including phenoxy) is 1. The van der Waals surface area contributed by atoms with E-state index in [0.717, 1.165) is 69.1 Å². The van der Waals surface area contributed by atoms with Crippen LogP contribution in [0.4, 0.5) is 5.82 Å². The molecule has 0 saturated carbocycles. The number of amides is 1. The second-order valence-corrected chi connectivity index (χ2v) is 11.0. The predicted octanol–water partition coefficient (Wildman–Crippen LogP) is 5.69. The lowest BCUT2D eigenvalue weighted by Gasteiger charge is -2.33. The van der Waals surface area contributed by atoms with E-state index in [1.54, 1.807) is 6.33 Å². The number of benzene rings is 2. The van der Waals surface area contributed by atoms with Gasteiger partial charge in [0.2, 0.25) is 5.91 Å². The first-order valence-electron chi connectivity index (χ1n) is 13.4. The Bertz CT molecular complexity index is 1460. The summed E-state index contributed by atoms with van der Waals surface area (Å²) in [4.78, 5) is 29.2. The van der Waals surface area contributed by atoms with Crippen LogP contribution in [-0.2, 0) is 9.53 Å². The molecule has 2 saturated heterocycles. The van der Waals surface area contributed by atoms with Crippen LogP contribution in [-0.4, -0.2) is 57.8 Å². The SMILES string of the molecule is O=C(CC1CCOCC1)NC1CCN(c2ncnc3c2nc(-c2ccccc2Cl)n3-c2ccc(Cl)cc2)CC1. The van der Waals surface area contributed by atoms with Gasteiger partial charge < -0.3 is 15.0 Å². The van der Waals surface area contributed by atoms with E-state index in [1.165, 1.54) is 0 Å². The zero-order valence-electron chi connectivity index (χ0n) is 21.5. The molecule has 4 heterocycles. The fourth-order valence-corrected chi connectivity index (χ4v) is 5.85. The van der Waals surface area contributed by atoms with E-state index in [4.69, 9.17) is 32.9 Å². The summed E-state index contributed by atoms with van der Waals surface area (Å²) < 4.78 is 7.42. The Kier molecular flexibility index (Phi) is 7.68. The quantitative estimate of drug-likeness (QED) is 0.323. The Balaban J connectivity index is 1.26. The van der Waals surface area contributed by atoms with Crippen LogP contribution in [0.1, 0.15) is 32.1 Å². The fraction of sp³-hybridized carbons (Fsp3) is 0.379. The number of carbonyl (C=O) groups is 1. The summed E-state index contributed by atoms with van der Waals surface area (Å²) in [6, 6.07) is 15.4. The summed E-state index contributed by atoms with van der Waals surface area (Å²) in [6.07, 6.45) is 5.80. The molecule has 4 aromatic rings. The maximum atomic E-state index is 12.6. The molecule has 0 aliphatic carbocycles. The van der Waals surface area contributed by atoms with Crippen LogP contribution in [0, 0.1) is 5.92 Å². The maximum absolute atomic E-state index is 12.6. The lowest BCUT2D eigenvalue weighted by Crippen LogP contribution is -2.45. The van der Waals surface area contributed by atoms with Crippen molar-refractivity contribution < 1.29 is 9.53 Å². The van der Waals surface area contributed by atoms with Crippen molar-refractivity contribution in [2.75, 3.05) is 31.2 Å². The van der Waals surface area contributed by atoms with Crippen molar-refractivity contribution in [3.05, 3.63) is 64.9 Å². The van der Waals surface area contributed by atoms with E-state index >= 15 is 0 Å². The van der Waals surface area contributed by atoms with Gasteiger partial charge in [-0.1, -0.05) is 35.3 Å². The van der Waals surface area contributed by atoms with Crippen molar-refractivity contribution in [2.45, 2.75) is 38.1 Å². The van der Waals surface area contributed by atoms with Crippen molar-refractivity contribution in [2.24, 2.45) is 5.92 Å². The van der Waals surface area contributed by atoms with Crippen LogP contribution < -0.4 is 10.2 Å². The molecular weight excluding hydrogens is 535 g/mol. The molecule has 0 radical (unpaired) electrons. The predicted molar refractivity (Wildman–Crippen MR) is 154 cm³/mol. The highest BCUT2D eigenvalue weighted by Crippen LogP contribution is 2.35. The maximum Gasteiger partial charge on any atom is 0.220 e. The molecule has 2 aromatic heterocycles.